The van der Waals surface area contributed by atoms with E-state index in [1.54, 1.807) is 6.92 Å². The number of thioether (sulfide) groups is 1. The highest BCUT2D eigenvalue weighted by atomic mass is 32.2. The van der Waals surface area contributed by atoms with Gasteiger partial charge in [-0.15, -0.1) is 10.2 Å². The van der Waals surface area contributed by atoms with Gasteiger partial charge in [-0.25, -0.2) is 0 Å². The van der Waals surface area contributed by atoms with Gasteiger partial charge in [-0.2, -0.15) is 0 Å². The van der Waals surface area contributed by atoms with Gasteiger partial charge in [-0.1, -0.05) is 48.2 Å². The lowest BCUT2D eigenvalue weighted by Gasteiger charge is -2.13. The molecule has 0 N–H and O–H groups in total. The van der Waals surface area contributed by atoms with Crippen LogP contribution in [0.5, 0.6) is 5.75 Å². The smallest absolute Gasteiger partial charge is 0.318 e. The molecule has 0 aliphatic heterocycles. The van der Waals surface area contributed by atoms with Crippen LogP contribution in [-0.4, -0.2) is 33.1 Å². The quantitative estimate of drug-likeness (QED) is 0.469. The molecule has 26 heavy (non-hydrogen) atoms. The number of para-hydroxylation sites is 2. The molecule has 0 bridgehead atoms. The maximum absolute atomic E-state index is 11.8. The standard InChI is InChI=1S/C19H19N3O3S/c1-14(18(23)24-2)26-19-21-20-17(13-25-16-11-7-4-8-12-16)22(19)15-9-5-3-6-10-15/h3-12,14H,13H2,1-2H3/t14-/m0/s1. The van der Waals surface area contributed by atoms with Crippen LogP contribution in [0.25, 0.3) is 5.69 Å². The third-order valence-electron chi connectivity index (χ3n) is 3.64. The molecule has 0 radical (unpaired) electrons. The highest BCUT2D eigenvalue weighted by Crippen LogP contribution is 2.26. The predicted molar refractivity (Wildman–Crippen MR) is 99.5 cm³/mol. The number of esters is 1. The van der Waals surface area contributed by atoms with Crippen molar-refractivity contribution < 1.29 is 14.3 Å². The van der Waals surface area contributed by atoms with Crippen molar-refractivity contribution in [2.24, 2.45) is 0 Å². The van der Waals surface area contributed by atoms with Gasteiger partial charge < -0.3 is 9.47 Å². The summed E-state index contributed by atoms with van der Waals surface area (Å²) in [4.78, 5) is 11.8. The van der Waals surface area contributed by atoms with Crippen LogP contribution in [0.4, 0.5) is 0 Å². The number of hydrogen-bond acceptors (Lipinski definition) is 6. The van der Waals surface area contributed by atoms with E-state index < -0.39 is 5.25 Å². The summed E-state index contributed by atoms with van der Waals surface area (Å²) in [7, 11) is 1.38. The van der Waals surface area contributed by atoms with Crippen LogP contribution in [-0.2, 0) is 16.1 Å². The average molecular weight is 369 g/mol. The van der Waals surface area contributed by atoms with E-state index >= 15 is 0 Å². The molecule has 0 spiro atoms. The molecule has 7 heteroatoms. The molecule has 0 saturated carbocycles. The number of rotatable bonds is 7. The van der Waals surface area contributed by atoms with Crippen LogP contribution in [0.3, 0.4) is 0 Å². The Kier molecular flexibility index (Phi) is 5.91. The van der Waals surface area contributed by atoms with Crippen LogP contribution in [0.2, 0.25) is 0 Å². The third kappa shape index (κ3) is 4.23. The number of carbonyl (C=O) groups excluding carboxylic acids is 1. The van der Waals surface area contributed by atoms with Gasteiger partial charge >= 0.3 is 5.97 Å². The molecule has 1 atom stereocenters. The fourth-order valence-corrected chi connectivity index (χ4v) is 3.26. The van der Waals surface area contributed by atoms with Crippen molar-refractivity contribution in [2.45, 2.75) is 23.9 Å². The van der Waals surface area contributed by atoms with Crippen molar-refractivity contribution >= 4 is 17.7 Å². The monoisotopic (exact) mass is 369 g/mol. The first-order chi connectivity index (χ1) is 12.7. The van der Waals surface area contributed by atoms with Crippen LogP contribution in [0.1, 0.15) is 12.7 Å². The lowest BCUT2D eigenvalue weighted by Crippen LogP contribution is -2.16. The fourth-order valence-electron chi connectivity index (χ4n) is 2.34. The second kappa shape index (κ2) is 8.53. The van der Waals surface area contributed by atoms with Crippen LogP contribution in [0.15, 0.2) is 65.8 Å². The van der Waals surface area contributed by atoms with Gasteiger partial charge in [-0.05, 0) is 31.2 Å². The van der Waals surface area contributed by atoms with E-state index in [2.05, 4.69) is 10.2 Å². The molecule has 0 saturated heterocycles. The highest BCUT2D eigenvalue weighted by molar-refractivity contribution is 8.00. The van der Waals surface area contributed by atoms with Crippen LogP contribution < -0.4 is 4.74 Å². The van der Waals surface area contributed by atoms with Gasteiger partial charge in [0.25, 0.3) is 0 Å². The van der Waals surface area contributed by atoms with Crippen LogP contribution >= 0.6 is 11.8 Å². The van der Waals surface area contributed by atoms with Crippen molar-refractivity contribution in [3.8, 4) is 11.4 Å². The minimum atomic E-state index is -0.394. The summed E-state index contributed by atoms with van der Waals surface area (Å²) in [6.07, 6.45) is 0. The van der Waals surface area contributed by atoms with Crippen molar-refractivity contribution in [1.29, 1.82) is 0 Å². The minimum absolute atomic E-state index is 0.263. The predicted octanol–water partition coefficient (Wildman–Crippen LogP) is 3.50. The molecule has 0 aliphatic rings. The van der Waals surface area contributed by atoms with Gasteiger partial charge in [0.15, 0.2) is 11.0 Å². The number of aromatic nitrogens is 3. The first-order valence-corrected chi connectivity index (χ1v) is 8.99. The number of benzene rings is 2. The van der Waals surface area contributed by atoms with E-state index in [4.69, 9.17) is 9.47 Å². The summed E-state index contributed by atoms with van der Waals surface area (Å²) in [5.74, 6) is 1.10. The van der Waals surface area contributed by atoms with E-state index in [1.165, 1.54) is 18.9 Å². The lowest BCUT2D eigenvalue weighted by atomic mass is 10.3. The summed E-state index contributed by atoms with van der Waals surface area (Å²) in [6, 6.07) is 19.3. The number of ether oxygens (including phenoxy) is 2. The summed E-state index contributed by atoms with van der Waals surface area (Å²) < 4.78 is 12.5. The number of hydrogen-bond donors (Lipinski definition) is 0. The zero-order chi connectivity index (χ0) is 18.4. The maximum Gasteiger partial charge on any atom is 0.318 e. The lowest BCUT2D eigenvalue weighted by molar-refractivity contribution is -0.139. The molecule has 1 aromatic heterocycles. The zero-order valence-electron chi connectivity index (χ0n) is 14.5. The number of carbonyl (C=O) groups is 1. The molecule has 0 aliphatic carbocycles. The number of nitrogens with zero attached hydrogens (tertiary/aromatic N) is 3. The van der Waals surface area contributed by atoms with Crippen molar-refractivity contribution in [3.63, 3.8) is 0 Å². The Morgan fingerprint density at radius 3 is 2.38 bits per heavy atom. The molecule has 134 valence electrons. The SMILES string of the molecule is COC(=O)[C@H](C)Sc1nnc(COc2ccccc2)n1-c1ccccc1. The van der Waals surface area contributed by atoms with Crippen molar-refractivity contribution in [3.05, 3.63) is 66.5 Å². The van der Waals surface area contributed by atoms with Gasteiger partial charge in [-0.3, -0.25) is 9.36 Å². The molecule has 3 rings (SSSR count). The summed E-state index contributed by atoms with van der Waals surface area (Å²) in [5.41, 5.74) is 0.906. The molecular formula is C19H19N3O3S. The molecule has 2 aromatic carbocycles. The molecule has 1 heterocycles. The Morgan fingerprint density at radius 1 is 1.08 bits per heavy atom. The molecule has 0 unspecified atom stereocenters. The molecule has 6 nitrogen and oxygen atoms in total. The van der Waals surface area contributed by atoms with Gasteiger partial charge in [0.05, 0.1) is 7.11 Å². The first kappa shape index (κ1) is 18.0. The average Bonchev–Trinajstić information content (AvgIpc) is 3.09. The summed E-state index contributed by atoms with van der Waals surface area (Å²) in [5, 5.41) is 8.73. The van der Waals surface area contributed by atoms with E-state index in [-0.39, 0.29) is 12.6 Å². The Labute approximate surface area is 156 Å². The zero-order valence-corrected chi connectivity index (χ0v) is 15.3. The topological polar surface area (TPSA) is 66.2 Å². The fraction of sp³-hybridized carbons (Fsp3) is 0.211. The third-order valence-corrected chi connectivity index (χ3v) is 4.66. The van der Waals surface area contributed by atoms with E-state index in [9.17, 15) is 4.79 Å². The summed E-state index contributed by atoms with van der Waals surface area (Å²) >= 11 is 1.30. The highest BCUT2D eigenvalue weighted by Gasteiger charge is 2.21. The number of methoxy groups -OCH3 is 1. The van der Waals surface area contributed by atoms with Gasteiger partial charge in [0, 0.05) is 5.69 Å². The summed E-state index contributed by atoms with van der Waals surface area (Å²) in [6.45, 7) is 2.04. The van der Waals surface area contributed by atoms with Gasteiger partial charge in [0.1, 0.15) is 17.6 Å². The first-order valence-electron chi connectivity index (χ1n) is 8.11. The van der Waals surface area contributed by atoms with Gasteiger partial charge in [0.2, 0.25) is 0 Å². The molecule has 3 aromatic rings. The minimum Gasteiger partial charge on any atom is -0.486 e. The maximum atomic E-state index is 11.8. The van der Waals surface area contributed by atoms with Crippen molar-refractivity contribution in [1.82, 2.24) is 14.8 Å². The molecular weight excluding hydrogens is 350 g/mol. The van der Waals surface area contributed by atoms with Crippen molar-refractivity contribution in [2.75, 3.05) is 7.11 Å². The Bertz CT molecular complexity index is 853. The second-order valence-corrected chi connectivity index (χ2v) is 6.76. The van der Waals surface area contributed by atoms with E-state index in [0.29, 0.717) is 11.0 Å². The molecule has 0 fully saturated rings. The van der Waals surface area contributed by atoms with E-state index in [0.717, 1.165) is 11.4 Å². The van der Waals surface area contributed by atoms with Crippen LogP contribution in [0, 0.1) is 0 Å². The Hall–Kier alpha value is -2.80. The van der Waals surface area contributed by atoms with E-state index in [1.807, 2.05) is 65.2 Å². The Morgan fingerprint density at radius 2 is 1.73 bits per heavy atom. The molecule has 0 amide bonds. The Balaban J connectivity index is 1.88. The normalized spacial score (nSPS) is 11.8. The largest absolute Gasteiger partial charge is 0.486 e. The second-order valence-electron chi connectivity index (χ2n) is 5.45.